The lowest BCUT2D eigenvalue weighted by atomic mass is 10.2. The topological polar surface area (TPSA) is 44.4 Å². The highest BCUT2D eigenvalue weighted by Gasteiger charge is 2.25. The highest BCUT2D eigenvalue weighted by atomic mass is 35.5. The van der Waals surface area contributed by atoms with Gasteiger partial charge in [-0.1, -0.05) is 23.2 Å². The molecule has 1 saturated heterocycles. The molecule has 1 aliphatic heterocycles. The number of amides is 1. The Balaban J connectivity index is 1.90. The molecular formula is C14H19Cl2N3O. The molecule has 0 spiro atoms. The van der Waals surface area contributed by atoms with Gasteiger partial charge in [0.1, 0.15) is 0 Å². The molecule has 0 aliphatic carbocycles. The summed E-state index contributed by atoms with van der Waals surface area (Å²) in [5, 5.41) is 6.95. The molecule has 2 rings (SSSR count). The summed E-state index contributed by atoms with van der Waals surface area (Å²) >= 11 is 11.8. The van der Waals surface area contributed by atoms with Gasteiger partial charge in [-0.3, -0.25) is 9.69 Å². The van der Waals surface area contributed by atoms with Crippen LogP contribution in [0.3, 0.4) is 0 Å². The number of likely N-dealkylation sites (N-methyl/N-ethyl adjacent to an activating group) is 1. The van der Waals surface area contributed by atoms with E-state index in [0.717, 1.165) is 25.9 Å². The van der Waals surface area contributed by atoms with Gasteiger partial charge in [0.05, 0.1) is 16.6 Å². The van der Waals surface area contributed by atoms with Crippen molar-refractivity contribution >= 4 is 34.8 Å². The number of hydrogen-bond donors (Lipinski definition) is 2. The zero-order chi connectivity index (χ0) is 14.5. The molecular weight excluding hydrogens is 297 g/mol. The maximum atomic E-state index is 12.1. The van der Waals surface area contributed by atoms with E-state index in [1.54, 1.807) is 18.2 Å². The van der Waals surface area contributed by atoms with Crippen molar-refractivity contribution < 1.29 is 4.79 Å². The first kappa shape index (κ1) is 15.6. The lowest BCUT2D eigenvalue weighted by molar-refractivity contribution is -0.117. The van der Waals surface area contributed by atoms with Crippen LogP contribution in [0.15, 0.2) is 18.2 Å². The minimum absolute atomic E-state index is 0.0219. The van der Waals surface area contributed by atoms with Crippen LogP contribution in [0.25, 0.3) is 0 Å². The van der Waals surface area contributed by atoms with Crippen molar-refractivity contribution in [3.05, 3.63) is 28.2 Å². The second kappa shape index (κ2) is 7.27. The number of nitrogens with zero attached hydrogens (tertiary/aromatic N) is 1. The standard InChI is InChI=1S/C14H19Cl2N3O/c1-17-8-11-3-2-6-19(11)9-14(20)18-10-4-5-12(15)13(16)7-10/h4-5,7,11,17H,2-3,6,8-9H2,1H3,(H,18,20). The van der Waals surface area contributed by atoms with Crippen LogP contribution in [0.2, 0.25) is 10.0 Å². The molecule has 0 bridgehead atoms. The van der Waals surface area contributed by atoms with E-state index in [1.807, 2.05) is 7.05 Å². The van der Waals surface area contributed by atoms with E-state index >= 15 is 0 Å². The van der Waals surface area contributed by atoms with E-state index < -0.39 is 0 Å². The third kappa shape index (κ3) is 4.09. The predicted molar refractivity (Wildman–Crippen MR) is 83.6 cm³/mol. The highest BCUT2D eigenvalue weighted by molar-refractivity contribution is 6.42. The fourth-order valence-electron chi connectivity index (χ4n) is 2.53. The zero-order valence-electron chi connectivity index (χ0n) is 11.5. The van der Waals surface area contributed by atoms with Crippen molar-refractivity contribution in [1.29, 1.82) is 0 Å². The molecule has 0 radical (unpaired) electrons. The second-order valence-electron chi connectivity index (χ2n) is 5.00. The molecule has 1 aromatic carbocycles. The Bertz CT molecular complexity index is 481. The fraction of sp³-hybridized carbons (Fsp3) is 0.500. The number of rotatable bonds is 5. The van der Waals surface area contributed by atoms with E-state index in [0.29, 0.717) is 28.3 Å². The molecule has 0 aromatic heterocycles. The van der Waals surface area contributed by atoms with E-state index in [1.165, 1.54) is 0 Å². The summed E-state index contributed by atoms with van der Waals surface area (Å²) in [4.78, 5) is 14.3. The van der Waals surface area contributed by atoms with Gasteiger partial charge in [0, 0.05) is 18.3 Å². The molecule has 1 atom stereocenters. The van der Waals surface area contributed by atoms with Gasteiger partial charge in [-0.05, 0) is 44.6 Å². The molecule has 1 fully saturated rings. The molecule has 1 aliphatic rings. The molecule has 0 saturated carbocycles. The van der Waals surface area contributed by atoms with Crippen LogP contribution < -0.4 is 10.6 Å². The normalized spacial score (nSPS) is 19.2. The van der Waals surface area contributed by atoms with Crippen molar-refractivity contribution in [1.82, 2.24) is 10.2 Å². The summed E-state index contributed by atoms with van der Waals surface area (Å²) in [5.41, 5.74) is 0.675. The van der Waals surface area contributed by atoms with Gasteiger partial charge in [0.2, 0.25) is 5.91 Å². The van der Waals surface area contributed by atoms with Crippen LogP contribution >= 0.6 is 23.2 Å². The molecule has 1 amide bonds. The fourth-order valence-corrected chi connectivity index (χ4v) is 2.83. The van der Waals surface area contributed by atoms with Crippen molar-refractivity contribution in [3.8, 4) is 0 Å². The SMILES string of the molecule is CNCC1CCCN1CC(=O)Nc1ccc(Cl)c(Cl)c1. The number of halogens is 2. The van der Waals surface area contributed by atoms with Crippen LogP contribution in [-0.2, 0) is 4.79 Å². The minimum atomic E-state index is -0.0219. The summed E-state index contributed by atoms with van der Waals surface area (Å²) < 4.78 is 0. The van der Waals surface area contributed by atoms with Crippen LogP contribution in [0.1, 0.15) is 12.8 Å². The number of anilines is 1. The zero-order valence-corrected chi connectivity index (χ0v) is 13.0. The average Bonchev–Trinajstić information content (AvgIpc) is 2.82. The number of carbonyl (C=O) groups excluding carboxylic acids is 1. The van der Waals surface area contributed by atoms with Gasteiger partial charge in [-0.2, -0.15) is 0 Å². The Morgan fingerprint density at radius 3 is 2.90 bits per heavy atom. The van der Waals surface area contributed by atoms with Crippen molar-refractivity contribution in [2.24, 2.45) is 0 Å². The maximum Gasteiger partial charge on any atom is 0.238 e. The third-order valence-corrected chi connectivity index (χ3v) is 4.23. The number of hydrogen-bond acceptors (Lipinski definition) is 3. The second-order valence-corrected chi connectivity index (χ2v) is 5.82. The summed E-state index contributed by atoms with van der Waals surface area (Å²) in [6, 6.07) is 5.54. The van der Waals surface area contributed by atoms with E-state index in [9.17, 15) is 4.79 Å². The third-order valence-electron chi connectivity index (χ3n) is 3.49. The molecule has 1 aromatic rings. The molecule has 6 heteroatoms. The summed E-state index contributed by atoms with van der Waals surface area (Å²) in [7, 11) is 1.94. The molecule has 1 unspecified atom stereocenters. The van der Waals surface area contributed by atoms with Crippen molar-refractivity contribution in [2.45, 2.75) is 18.9 Å². The minimum Gasteiger partial charge on any atom is -0.325 e. The number of carbonyl (C=O) groups is 1. The Labute approximate surface area is 129 Å². The van der Waals surface area contributed by atoms with Crippen LogP contribution in [0, 0.1) is 0 Å². The van der Waals surface area contributed by atoms with Crippen LogP contribution in [-0.4, -0.2) is 43.5 Å². The number of benzene rings is 1. The molecule has 1 heterocycles. The van der Waals surface area contributed by atoms with Crippen LogP contribution in [0.5, 0.6) is 0 Å². The largest absolute Gasteiger partial charge is 0.325 e. The molecule has 2 N–H and O–H groups in total. The van der Waals surface area contributed by atoms with Gasteiger partial charge in [0.25, 0.3) is 0 Å². The van der Waals surface area contributed by atoms with Crippen molar-refractivity contribution in [3.63, 3.8) is 0 Å². The molecule has 20 heavy (non-hydrogen) atoms. The van der Waals surface area contributed by atoms with Crippen LogP contribution in [0.4, 0.5) is 5.69 Å². The van der Waals surface area contributed by atoms with Gasteiger partial charge < -0.3 is 10.6 Å². The Kier molecular flexibility index (Phi) is 5.66. The summed E-state index contributed by atoms with van der Waals surface area (Å²) in [6.07, 6.45) is 2.29. The first-order valence-corrected chi connectivity index (χ1v) is 7.49. The Hall–Kier alpha value is -0.810. The van der Waals surface area contributed by atoms with E-state index in [4.69, 9.17) is 23.2 Å². The van der Waals surface area contributed by atoms with E-state index in [-0.39, 0.29) is 5.91 Å². The smallest absolute Gasteiger partial charge is 0.238 e. The summed E-state index contributed by atoms with van der Waals surface area (Å²) in [6.45, 7) is 2.30. The first-order chi connectivity index (χ1) is 9.60. The lowest BCUT2D eigenvalue weighted by Crippen LogP contribution is -2.41. The van der Waals surface area contributed by atoms with E-state index in [2.05, 4.69) is 15.5 Å². The Morgan fingerprint density at radius 2 is 2.20 bits per heavy atom. The van der Waals surface area contributed by atoms with Crippen molar-refractivity contribution in [2.75, 3.05) is 32.0 Å². The quantitative estimate of drug-likeness (QED) is 0.878. The average molecular weight is 316 g/mol. The predicted octanol–water partition coefficient (Wildman–Crippen LogP) is 2.62. The maximum absolute atomic E-state index is 12.1. The molecule has 4 nitrogen and oxygen atoms in total. The monoisotopic (exact) mass is 315 g/mol. The number of nitrogens with one attached hydrogen (secondary N) is 2. The van der Waals surface area contributed by atoms with Gasteiger partial charge >= 0.3 is 0 Å². The lowest BCUT2D eigenvalue weighted by Gasteiger charge is -2.23. The molecule has 110 valence electrons. The van der Waals surface area contributed by atoms with Gasteiger partial charge in [-0.15, -0.1) is 0 Å². The Morgan fingerprint density at radius 1 is 1.40 bits per heavy atom. The van der Waals surface area contributed by atoms with Gasteiger partial charge in [0.15, 0.2) is 0 Å². The summed E-state index contributed by atoms with van der Waals surface area (Å²) in [5.74, 6) is -0.0219. The highest BCUT2D eigenvalue weighted by Crippen LogP contribution is 2.25. The van der Waals surface area contributed by atoms with Gasteiger partial charge in [-0.25, -0.2) is 0 Å². The number of likely N-dealkylation sites (tertiary alicyclic amines) is 1. The first-order valence-electron chi connectivity index (χ1n) is 6.73.